The zero-order valence-corrected chi connectivity index (χ0v) is 17.9. The summed E-state index contributed by atoms with van der Waals surface area (Å²) in [6, 6.07) is 8.20. The van der Waals surface area contributed by atoms with Crippen molar-refractivity contribution < 1.29 is 19.1 Å². The fourth-order valence-electron chi connectivity index (χ4n) is 4.90. The van der Waals surface area contributed by atoms with Crippen LogP contribution in [0.1, 0.15) is 51.5 Å². The number of primary amides is 1. The van der Waals surface area contributed by atoms with Gasteiger partial charge in [0.2, 0.25) is 11.8 Å². The number of ether oxygens (including phenoxy) is 1. The number of piperidine rings is 2. The van der Waals surface area contributed by atoms with Crippen LogP contribution < -0.4 is 11.1 Å². The van der Waals surface area contributed by atoms with Crippen LogP contribution in [0.15, 0.2) is 30.3 Å². The quantitative estimate of drug-likeness (QED) is 0.599. The van der Waals surface area contributed by atoms with Gasteiger partial charge in [-0.2, -0.15) is 0 Å². The molecule has 4 rings (SSSR count). The van der Waals surface area contributed by atoms with Crippen molar-refractivity contribution in [3.63, 3.8) is 0 Å². The number of fused-ring (bicyclic) bond motifs is 3. The second kappa shape index (κ2) is 10.1. The van der Waals surface area contributed by atoms with Gasteiger partial charge in [-0.05, 0) is 63.9 Å². The molecule has 2 aliphatic heterocycles. The second-order valence-corrected chi connectivity index (χ2v) is 8.38. The number of nitrogens with zero attached hydrogens (tertiary/aromatic N) is 1. The summed E-state index contributed by atoms with van der Waals surface area (Å²) in [4.78, 5) is 39.6. The summed E-state index contributed by atoms with van der Waals surface area (Å²) >= 11 is 0. The van der Waals surface area contributed by atoms with Crippen LogP contribution >= 0.6 is 0 Å². The second-order valence-electron chi connectivity index (χ2n) is 8.38. The maximum absolute atomic E-state index is 13.3. The van der Waals surface area contributed by atoms with Crippen molar-refractivity contribution in [3.05, 3.63) is 35.9 Å². The first-order valence-electron chi connectivity index (χ1n) is 11.0. The molecule has 1 saturated carbocycles. The molecule has 1 aliphatic carbocycles. The van der Waals surface area contributed by atoms with Crippen molar-refractivity contribution in [3.8, 4) is 0 Å². The van der Waals surface area contributed by atoms with E-state index in [0.717, 1.165) is 31.2 Å². The highest BCUT2D eigenvalue weighted by atomic mass is 16.5. The molecule has 0 radical (unpaired) electrons. The molecule has 3 fully saturated rings. The number of hydrogen-bond acceptors (Lipinski definition) is 5. The van der Waals surface area contributed by atoms with Gasteiger partial charge in [0.15, 0.2) is 0 Å². The van der Waals surface area contributed by atoms with Crippen LogP contribution in [0, 0.1) is 5.92 Å². The Morgan fingerprint density at radius 3 is 2.43 bits per heavy atom. The topological polar surface area (TPSA) is 102 Å². The van der Waals surface area contributed by atoms with Crippen molar-refractivity contribution >= 4 is 17.8 Å². The number of rotatable bonds is 9. The molecule has 1 aromatic rings. The Balaban J connectivity index is 1.69. The molecule has 0 spiro atoms. The molecule has 30 heavy (non-hydrogen) atoms. The minimum atomic E-state index is -0.614. The number of hydrogen-bond donors (Lipinski definition) is 2. The lowest BCUT2D eigenvalue weighted by Crippen LogP contribution is -2.65. The molecule has 3 N–H and O–H groups in total. The molecule has 3 aliphatic rings. The average Bonchev–Trinajstić information content (AvgIpc) is 2.76. The standard InChI is InChI=1S/C23H33N3O4/c1-3-30-23(29)19(14-9-16-7-5-4-6-8-16)25-15(2)22(28)26-18-12-10-17(11-13-18)20(26)21(24)27/h4-8,15,17-20,25H,3,9-14H2,1-2H3,(H2,24,27)/t15?,17?,18?,19-,20-/m0/s1. The number of aryl methyl sites for hydroxylation is 1. The summed E-state index contributed by atoms with van der Waals surface area (Å²) in [5.41, 5.74) is 6.78. The van der Waals surface area contributed by atoms with Crippen molar-refractivity contribution in [2.75, 3.05) is 6.61 Å². The molecule has 164 valence electrons. The van der Waals surface area contributed by atoms with E-state index in [1.165, 1.54) is 0 Å². The Morgan fingerprint density at radius 2 is 1.83 bits per heavy atom. The van der Waals surface area contributed by atoms with Crippen LogP contribution in [0.4, 0.5) is 0 Å². The largest absolute Gasteiger partial charge is 0.465 e. The minimum absolute atomic E-state index is 0.0506. The Labute approximate surface area is 178 Å². The number of amides is 2. The zero-order chi connectivity index (χ0) is 21.7. The summed E-state index contributed by atoms with van der Waals surface area (Å²) < 4.78 is 5.23. The highest BCUT2D eigenvalue weighted by molar-refractivity contribution is 5.90. The monoisotopic (exact) mass is 415 g/mol. The molecule has 1 unspecified atom stereocenters. The highest BCUT2D eigenvalue weighted by Gasteiger charge is 2.47. The lowest BCUT2D eigenvalue weighted by molar-refractivity contribution is -0.154. The summed E-state index contributed by atoms with van der Waals surface area (Å²) in [5, 5.41) is 3.17. The van der Waals surface area contributed by atoms with Gasteiger partial charge in [-0.1, -0.05) is 30.3 Å². The maximum Gasteiger partial charge on any atom is 0.323 e. The molecule has 3 atom stereocenters. The number of esters is 1. The molecule has 7 heteroatoms. The van der Waals surface area contributed by atoms with E-state index in [9.17, 15) is 14.4 Å². The first-order valence-corrected chi connectivity index (χ1v) is 11.0. The van der Waals surface area contributed by atoms with E-state index >= 15 is 0 Å². The van der Waals surface area contributed by atoms with Crippen LogP contribution in [-0.4, -0.2) is 53.5 Å². The van der Waals surface area contributed by atoms with E-state index in [-0.39, 0.29) is 30.4 Å². The average molecular weight is 416 g/mol. The van der Waals surface area contributed by atoms with Crippen molar-refractivity contribution in [1.82, 2.24) is 10.2 Å². The van der Waals surface area contributed by atoms with Crippen LogP contribution in [0.2, 0.25) is 0 Å². The lowest BCUT2D eigenvalue weighted by atomic mass is 9.74. The molecule has 0 aromatic heterocycles. The summed E-state index contributed by atoms with van der Waals surface area (Å²) in [7, 11) is 0. The molecule has 2 heterocycles. The fraction of sp³-hybridized carbons (Fsp3) is 0.609. The van der Waals surface area contributed by atoms with E-state index in [2.05, 4.69) is 5.32 Å². The van der Waals surface area contributed by atoms with Crippen LogP contribution in [0.5, 0.6) is 0 Å². The van der Waals surface area contributed by atoms with E-state index in [1.54, 1.807) is 18.7 Å². The van der Waals surface area contributed by atoms with Crippen molar-refractivity contribution in [2.45, 2.75) is 76.5 Å². The number of nitrogens with two attached hydrogens (primary N) is 1. The van der Waals surface area contributed by atoms with Gasteiger partial charge >= 0.3 is 5.97 Å². The number of nitrogens with one attached hydrogen (secondary N) is 1. The normalized spacial score (nSPS) is 24.9. The number of carbonyl (C=O) groups excluding carboxylic acids is 3. The van der Waals surface area contributed by atoms with Gasteiger partial charge in [-0.3, -0.25) is 19.7 Å². The zero-order valence-electron chi connectivity index (χ0n) is 17.9. The summed E-state index contributed by atoms with van der Waals surface area (Å²) in [6.07, 6.45) is 4.89. The molecule has 2 amide bonds. The molecule has 2 bridgehead atoms. The third-order valence-electron chi connectivity index (χ3n) is 6.38. The Kier molecular flexibility index (Phi) is 7.48. The smallest absolute Gasteiger partial charge is 0.323 e. The van der Waals surface area contributed by atoms with E-state index in [1.807, 2.05) is 30.3 Å². The Hall–Kier alpha value is -2.41. The first kappa shape index (κ1) is 22.3. The van der Waals surface area contributed by atoms with Crippen molar-refractivity contribution in [2.24, 2.45) is 11.7 Å². The molecular formula is C23H33N3O4. The van der Waals surface area contributed by atoms with Gasteiger partial charge in [0.1, 0.15) is 12.1 Å². The van der Waals surface area contributed by atoms with Gasteiger partial charge < -0.3 is 15.4 Å². The van der Waals surface area contributed by atoms with Gasteiger partial charge in [-0.15, -0.1) is 0 Å². The molecular weight excluding hydrogens is 382 g/mol. The highest BCUT2D eigenvalue weighted by Crippen LogP contribution is 2.39. The molecule has 2 saturated heterocycles. The van der Waals surface area contributed by atoms with Gasteiger partial charge in [0, 0.05) is 6.04 Å². The predicted molar refractivity (Wildman–Crippen MR) is 113 cm³/mol. The third-order valence-corrected chi connectivity index (χ3v) is 6.38. The van der Waals surface area contributed by atoms with E-state index < -0.39 is 24.0 Å². The fourth-order valence-corrected chi connectivity index (χ4v) is 4.90. The number of carbonyl (C=O) groups is 3. The first-order chi connectivity index (χ1) is 14.4. The molecule has 7 nitrogen and oxygen atoms in total. The lowest BCUT2D eigenvalue weighted by Gasteiger charge is -2.50. The van der Waals surface area contributed by atoms with Gasteiger partial charge in [-0.25, -0.2) is 0 Å². The SMILES string of the molecule is CCOC(=O)[C@H](CCc1ccccc1)NC(C)C(=O)N1C2CCC(CC2)[C@H]1C(N)=O. The van der Waals surface area contributed by atoms with E-state index in [4.69, 9.17) is 10.5 Å². The predicted octanol–water partition coefficient (Wildman–Crippen LogP) is 1.78. The van der Waals surface area contributed by atoms with Crippen LogP contribution in [0.25, 0.3) is 0 Å². The van der Waals surface area contributed by atoms with Crippen LogP contribution in [0.3, 0.4) is 0 Å². The summed E-state index contributed by atoms with van der Waals surface area (Å²) in [6.45, 7) is 3.80. The number of benzene rings is 1. The third kappa shape index (κ3) is 5.01. The molecule has 1 aromatic carbocycles. The van der Waals surface area contributed by atoms with Gasteiger partial charge in [0.05, 0.1) is 12.6 Å². The Bertz CT molecular complexity index is 746. The van der Waals surface area contributed by atoms with E-state index in [0.29, 0.717) is 12.8 Å². The summed E-state index contributed by atoms with van der Waals surface area (Å²) in [5.74, 6) is -0.819. The maximum atomic E-state index is 13.3. The minimum Gasteiger partial charge on any atom is -0.465 e. The Morgan fingerprint density at radius 1 is 1.17 bits per heavy atom. The van der Waals surface area contributed by atoms with Gasteiger partial charge in [0.25, 0.3) is 0 Å². The van der Waals surface area contributed by atoms with Crippen molar-refractivity contribution in [1.29, 1.82) is 0 Å². The van der Waals surface area contributed by atoms with Crippen LogP contribution in [-0.2, 0) is 25.5 Å².